The molecule has 2 aromatic rings. The minimum absolute atomic E-state index is 0.633. The lowest BCUT2D eigenvalue weighted by atomic mass is 9.86. The van der Waals surface area contributed by atoms with Gasteiger partial charge in [-0.1, -0.05) is 50.1 Å². The summed E-state index contributed by atoms with van der Waals surface area (Å²) in [4.78, 5) is 0. The van der Waals surface area contributed by atoms with Gasteiger partial charge >= 0.3 is 0 Å². The Morgan fingerprint density at radius 3 is 2.67 bits per heavy atom. The molecule has 0 bridgehead atoms. The average molecular weight is 340 g/mol. The van der Waals surface area contributed by atoms with Crippen LogP contribution in [-0.4, -0.2) is 12.6 Å². The van der Waals surface area contributed by atoms with Crippen LogP contribution in [0.5, 0.6) is 0 Å². The van der Waals surface area contributed by atoms with Crippen LogP contribution in [0.4, 0.5) is 0 Å². The molecule has 0 aliphatic heterocycles. The minimum atomic E-state index is 0.633. The van der Waals surface area contributed by atoms with Crippen molar-refractivity contribution in [3.05, 3.63) is 58.3 Å². The highest BCUT2D eigenvalue weighted by atomic mass is 32.1. The molecule has 4 unspecified atom stereocenters. The molecule has 2 fully saturated rings. The molecule has 1 aromatic carbocycles. The van der Waals surface area contributed by atoms with Crippen molar-refractivity contribution < 1.29 is 0 Å². The summed E-state index contributed by atoms with van der Waals surface area (Å²) in [6.07, 6.45) is 6.88. The molecule has 4 atom stereocenters. The zero-order valence-corrected chi connectivity index (χ0v) is 15.5. The number of benzene rings is 1. The molecule has 2 heteroatoms. The standard InChI is InChI=1S/C22H29NS/c1-2-19(18-11-13-24-15-18)22(23-12-10-16-8-9-16)21-14-20(21)17-6-4-3-5-7-17/h3-7,11,13,15-16,19-23H,2,8-10,12,14H2,1H3. The Balaban J connectivity index is 1.47. The third-order valence-corrected chi connectivity index (χ3v) is 6.70. The molecule has 2 aliphatic rings. The second-order valence-electron chi connectivity index (χ2n) is 7.70. The maximum Gasteiger partial charge on any atom is 0.0170 e. The molecule has 0 amide bonds. The molecule has 1 aromatic heterocycles. The van der Waals surface area contributed by atoms with E-state index < -0.39 is 0 Å². The van der Waals surface area contributed by atoms with Gasteiger partial charge in [0.1, 0.15) is 0 Å². The molecular formula is C22H29NS. The first kappa shape index (κ1) is 16.4. The van der Waals surface area contributed by atoms with Gasteiger partial charge < -0.3 is 5.32 Å². The van der Waals surface area contributed by atoms with Crippen molar-refractivity contribution >= 4 is 11.3 Å². The number of rotatable bonds is 9. The highest BCUT2D eigenvalue weighted by molar-refractivity contribution is 7.08. The van der Waals surface area contributed by atoms with E-state index in [2.05, 4.69) is 59.4 Å². The lowest BCUT2D eigenvalue weighted by Gasteiger charge is -2.28. The Labute approximate surface area is 150 Å². The highest BCUT2D eigenvalue weighted by Crippen LogP contribution is 2.52. The van der Waals surface area contributed by atoms with Crippen molar-refractivity contribution in [2.75, 3.05) is 6.54 Å². The van der Waals surface area contributed by atoms with E-state index in [0.29, 0.717) is 12.0 Å². The first-order chi connectivity index (χ1) is 11.9. The van der Waals surface area contributed by atoms with Gasteiger partial charge in [0.25, 0.3) is 0 Å². The molecule has 24 heavy (non-hydrogen) atoms. The van der Waals surface area contributed by atoms with Crippen LogP contribution in [0.25, 0.3) is 0 Å². The SMILES string of the molecule is CCC(c1ccsc1)C(NCCC1CC1)C1CC1c1ccccc1. The summed E-state index contributed by atoms with van der Waals surface area (Å²) < 4.78 is 0. The van der Waals surface area contributed by atoms with E-state index in [0.717, 1.165) is 17.8 Å². The Morgan fingerprint density at radius 2 is 2.00 bits per heavy atom. The zero-order chi connectivity index (χ0) is 16.4. The van der Waals surface area contributed by atoms with Crippen LogP contribution in [0.3, 0.4) is 0 Å². The molecule has 2 aliphatic carbocycles. The number of hydrogen-bond acceptors (Lipinski definition) is 2. The predicted octanol–water partition coefficient (Wildman–Crippen LogP) is 5.80. The predicted molar refractivity (Wildman–Crippen MR) is 104 cm³/mol. The summed E-state index contributed by atoms with van der Waals surface area (Å²) in [6, 6.07) is 14.1. The third kappa shape index (κ3) is 3.75. The van der Waals surface area contributed by atoms with Gasteiger partial charge in [-0.05, 0) is 71.5 Å². The summed E-state index contributed by atoms with van der Waals surface area (Å²) in [6.45, 7) is 3.56. The fraction of sp³-hybridized carbons (Fsp3) is 0.545. The van der Waals surface area contributed by atoms with Crippen molar-refractivity contribution in [2.24, 2.45) is 11.8 Å². The van der Waals surface area contributed by atoms with Crippen LogP contribution in [0.15, 0.2) is 47.2 Å². The van der Waals surface area contributed by atoms with Crippen LogP contribution in [0.2, 0.25) is 0 Å². The van der Waals surface area contributed by atoms with Crippen LogP contribution < -0.4 is 5.32 Å². The molecule has 2 saturated carbocycles. The molecule has 1 N–H and O–H groups in total. The normalized spacial score (nSPS) is 25.4. The maximum absolute atomic E-state index is 4.00. The van der Waals surface area contributed by atoms with Crippen molar-refractivity contribution in [1.82, 2.24) is 5.32 Å². The molecule has 0 spiro atoms. The van der Waals surface area contributed by atoms with E-state index in [9.17, 15) is 0 Å². The Morgan fingerprint density at radius 1 is 1.17 bits per heavy atom. The lowest BCUT2D eigenvalue weighted by molar-refractivity contribution is 0.372. The van der Waals surface area contributed by atoms with E-state index in [1.54, 1.807) is 5.56 Å². The molecule has 1 nitrogen and oxygen atoms in total. The second kappa shape index (κ2) is 7.41. The van der Waals surface area contributed by atoms with E-state index in [1.807, 2.05) is 11.3 Å². The molecule has 0 radical (unpaired) electrons. The molecule has 4 rings (SSSR count). The Kier molecular flexibility index (Phi) is 5.05. The third-order valence-electron chi connectivity index (χ3n) is 6.00. The van der Waals surface area contributed by atoms with Gasteiger partial charge in [0, 0.05) is 12.0 Å². The van der Waals surface area contributed by atoms with Crippen molar-refractivity contribution in [1.29, 1.82) is 0 Å². The van der Waals surface area contributed by atoms with Gasteiger partial charge in [0.2, 0.25) is 0 Å². The topological polar surface area (TPSA) is 12.0 Å². The van der Waals surface area contributed by atoms with E-state index in [1.165, 1.54) is 44.2 Å². The summed E-state index contributed by atoms with van der Waals surface area (Å²) in [7, 11) is 0. The molecule has 128 valence electrons. The van der Waals surface area contributed by atoms with Crippen LogP contribution in [0.1, 0.15) is 62.0 Å². The average Bonchev–Trinajstić information content (AvgIpc) is 3.54. The second-order valence-corrected chi connectivity index (χ2v) is 8.48. The number of hydrogen-bond donors (Lipinski definition) is 1. The first-order valence-corrected chi connectivity index (χ1v) is 10.6. The van der Waals surface area contributed by atoms with Gasteiger partial charge in [0.15, 0.2) is 0 Å². The molecule has 1 heterocycles. The van der Waals surface area contributed by atoms with E-state index in [-0.39, 0.29) is 0 Å². The Bertz CT molecular complexity index is 617. The van der Waals surface area contributed by atoms with Gasteiger partial charge in [-0.2, -0.15) is 11.3 Å². The molecule has 0 saturated heterocycles. The largest absolute Gasteiger partial charge is 0.313 e. The first-order valence-electron chi connectivity index (χ1n) is 9.67. The van der Waals surface area contributed by atoms with Gasteiger partial charge in [0.05, 0.1) is 0 Å². The van der Waals surface area contributed by atoms with E-state index >= 15 is 0 Å². The number of nitrogens with one attached hydrogen (secondary N) is 1. The van der Waals surface area contributed by atoms with Crippen LogP contribution in [0, 0.1) is 11.8 Å². The zero-order valence-electron chi connectivity index (χ0n) is 14.7. The highest BCUT2D eigenvalue weighted by Gasteiger charge is 2.46. The van der Waals surface area contributed by atoms with Crippen LogP contribution >= 0.6 is 11.3 Å². The lowest BCUT2D eigenvalue weighted by Crippen LogP contribution is -2.38. The summed E-state index contributed by atoms with van der Waals surface area (Å²) in [5, 5.41) is 8.60. The quantitative estimate of drug-likeness (QED) is 0.608. The number of thiophene rings is 1. The van der Waals surface area contributed by atoms with Gasteiger partial charge in [-0.15, -0.1) is 0 Å². The monoisotopic (exact) mass is 339 g/mol. The van der Waals surface area contributed by atoms with Crippen LogP contribution in [-0.2, 0) is 0 Å². The van der Waals surface area contributed by atoms with Crippen molar-refractivity contribution in [2.45, 2.75) is 56.9 Å². The minimum Gasteiger partial charge on any atom is -0.313 e. The summed E-state index contributed by atoms with van der Waals surface area (Å²) in [5.74, 6) is 3.24. The Hall–Kier alpha value is -1.12. The molecular weight excluding hydrogens is 310 g/mol. The fourth-order valence-electron chi connectivity index (χ4n) is 4.33. The fourth-order valence-corrected chi connectivity index (χ4v) is 5.06. The van der Waals surface area contributed by atoms with Gasteiger partial charge in [-0.25, -0.2) is 0 Å². The smallest absolute Gasteiger partial charge is 0.0170 e. The maximum atomic E-state index is 4.00. The van der Waals surface area contributed by atoms with Gasteiger partial charge in [-0.3, -0.25) is 0 Å². The summed E-state index contributed by atoms with van der Waals surface area (Å²) >= 11 is 1.84. The van der Waals surface area contributed by atoms with Crippen molar-refractivity contribution in [3.8, 4) is 0 Å². The van der Waals surface area contributed by atoms with Crippen molar-refractivity contribution in [3.63, 3.8) is 0 Å². The summed E-state index contributed by atoms with van der Waals surface area (Å²) in [5.41, 5.74) is 3.08. The van der Waals surface area contributed by atoms with E-state index in [4.69, 9.17) is 0 Å².